The van der Waals surface area contributed by atoms with E-state index in [1.807, 2.05) is 31.2 Å². The molecule has 3 heteroatoms. The number of carbonyl (C=O) groups is 1. The molecule has 0 spiro atoms. The molecule has 1 aromatic heterocycles. The Morgan fingerprint density at radius 2 is 1.87 bits per heavy atom. The minimum absolute atomic E-state index is 0.365. The molecule has 0 aliphatic carbocycles. The standard InChI is InChI=1S/C20H27NO2/c1-3-4-5-6-7-9-16-10-8-11-18(20(21)22)19(16)14-17-13-12-15(2)23-17/h8,10-13H,3-7,9,14H2,1-2H3,(H2,21,22). The Bertz CT molecular complexity index is 643. The molecule has 1 amide bonds. The Morgan fingerprint density at radius 3 is 2.52 bits per heavy atom. The second-order valence-electron chi connectivity index (χ2n) is 6.16. The number of unbranched alkanes of at least 4 members (excludes halogenated alkanes) is 4. The number of nitrogens with two attached hydrogens (primary N) is 1. The van der Waals surface area contributed by atoms with Crippen LogP contribution in [0.3, 0.4) is 0 Å². The summed E-state index contributed by atoms with van der Waals surface area (Å²) < 4.78 is 5.68. The van der Waals surface area contributed by atoms with Crippen LogP contribution in [-0.4, -0.2) is 5.91 Å². The average molecular weight is 313 g/mol. The van der Waals surface area contributed by atoms with Gasteiger partial charge in [0.05, 0.1) is 0 Å². The quantitative estimate of drug-likeness (QED) is 0.677. The van der Waals surface area contributed by atoms with Gasteiger partial charge in [-0.2, -0.15) is 0 Å². The van der Waals surface area contributed by atoms with E-state index in [1.54, 1.807) is 0 Å². The van der Waals surface area contributed by atoms with Gasteiger partial charge in [-0.15, -0.1) is 0 Å². The predicted octanol–water partition coefficient (Wildman–Crippen LogP) is 4.79. The Hall–Kier alpha value is -2.03. The molecule has 0 unspecified atom stereocenters. The number of hydrogen-bond acceptors (Lipinski definition) is 2. The lowest BCUT2D eigenvalue weighted by molar-refractivity contribution is 0.0999. The summed E-state index contributed by atoms with van der Waals surface area (Å²) in [6.07, 6.45) is 7.80. The molecule has 124 valence electrons. The average Bonchev–Trinajstić information content (AvgIpc) is 2.93. The highest BCUT2D eigenvalue weighted by molar-refractivity contribution is 5.94. The topological polar surface area (TPSA) is 56.2 Å². The maximum Gasteiger partial charge on any atom is 0.249 e. The minimum Gasteiger partial charge on any atom is -0.466 e. The van der Waals surface area contributed by atoms with Crippen LogP contribution in [0.15, 0.2) is 34.7 Å². The van der Waals surface area contributed by atoms with Crippen LogP contribution < -0.4 is 5.73 Å². The van der Waals surface area contributed by atoms with Crippen molar-refractivity contribution >= 4 is 5.91 Å². The molecule has 0 saturated carbocycles. The lowest BCUT2D eigenvalue weighted by Crippen LogP contribution is -2.15. The van der Waals surface area contributed by atoms with E-state index in [1.165, 1.54) is 31.2 Å². The summed E-state index contributed by atoms with van der Waals surface area (Å²) in [6, 6.07) is 9.77. The van der Waals surface area contributed by atoms with Gasteiger partial charge in [0.25, 0.3) is 0 Å². The Morgan fingerprint density at radius 1 is 1.09 bits per heavy atom. The van der Waals surface area contributed by atoms with E-state index in [0.717, 1.165) is 29.9 Å². The van der Waals surface area contributed by atoms with Crippen LogP contribution in [-0.2, 0) is 12.8 Å². The van der Waals surface area contributed by atoms with Gasteiger partial charge in [0, 0.05) is 12.0 Å². The van der Waals surface area contributed by atoms with Crippen molar-refractivity contribution in [3.63, 3.8) is 0 Å². The molecule has 0 fully saturated rings. The second-order valence-corrected chi connectivity index (χ2v) is 6.16. The summed E-state index contributed by atoms with van der Waals surface area (Å²) in [5, 5.41) is 0. The van der Waals surface area contributed by atoms with Gasteiger partial charge in [-0.3, -0.25) is 4.79 Å². The van der Waals surface area contributed by atoms with Gasteiger partial charge in [-0.1, -0.05) is 44.7 Å². The molecule has 0 saturated heterocycles. The molecular weight excluding hydrogens is 286 g/mol. The van der Waals surface area contributed by atoms with Crippen molar-refractivity contribution in [2.45, 2.75) is 58.8 Å². The fraction of sp³-hybridized carbons (Fsp3) is 0.450. The smallest absolute Gasteiger partial charge is 0.249 e. The molecule has 0 aliphatic heterocycles. The molecule has 3 nitrogen and oxygen atoms in total. The van der Waals surface area contributed by atoms with Gasteiger partial charge in [-0.25, -0.2) is 0 Å². The zero-order valence-electron chi connectivity index (χ0n) is 14.2. The van der Waals surface area contributed by atoms with Gasteiger partial charge in [-0.05, 0) is 49.1 Å². The maximum atomic E-state index is 11.8. The van der Waals surface area contributed by atoms with Crippen molar-refractivity contribution in [2.24, 2.45) is 5.73 Å². The highest BCUT2D eigenvalue weighted by Crippen LogP contribution is 2.22. The second kappa shape index (κ2) is 8.56. The maximum absolute atomic E-state index is 11.8. The first kappa shape index (κ1) is 17.3. The number of primary amides is 1. The fourth-order valence-electron chi connectivity index (χ4n) is 2.98. The molecule has 0 aliphatic rings. The third-order valence-electron chi connectivity index (χ3n) is 4.24. The van der Waals surface area contributed by atoms with E-state index < -0.39 is 0 Å². The first-order chi connectivity index (χ1) is 11.1. The van der Waals surface area contributed by atoms with Crippen LogP contribution in [0.5, 0.6) is 0 Å². The number of hydrogen-bond donors (Lipinski definition) is 1. The normalized spacial score (nSPS) is 10.9. The van der Waals surface area contributed by atoms with Crippen LogP contribution in [0.2, 0.25) is 0 Å². The van der Waals surface area contributed by atoms with Crippen LogP contribution in [0.4, 0.5) is 0 Å². The van der Waals surface area contributed by atoms with Gasteiger partial charge in [0.1, 0.15) is 11.5 Å². The van der Waals surface area contributed by atoms with E-state index in [2.05, 4.69) is 13.0 Å². The fourth-order valence-corrected chi connectivity index (χ4v) is 2.98. The van der Waals surface area contributed by atoms with Gasteiger partial charge in [0.2, 0.25) is 5.91 Å². The van der Waals surface area contributed by atoms with Crippen LogP contribution >= 0.6 is 0 Å². The molecule has 2 aromatic rings. The highest BCUT2D eigenvalue weighted by Gasteiger charge is 2.14. The van der Waals surface area contributed by atoms with Crippen molar-refractivity contribution in [1.82, 2.24) is 0 Å². The van der Waals surface area contributed by atoms with Crippen LogP contribution in [0.25, 0.3) is 0 Å². The third kappa shape index (κ3) is 4.98. The number of carbonyl (C=O) groups excluding carboxylic acids is 1. The summed E-state index contributed by atoms with van der Waals surface area (Å²) in [5.41, 5.74) is 8.42. The zero-order chi connectivity index (χ0) is 16.7. The highest BCUT2D eigenvalue weighted by atomic mass is 16.3. The molecular formula is C20H27NO2. The summed E-state index contributed by atoms with van der Waals surface area (Å²) >= 11 is 0. The number of aryl methyl sites for hydroxylation is 2. The summed E-state index contributed by atoms with van der Waals surface area (Å²) in [7, 11) is 0. The van der Waals surface area contributed by atoms with E-state index in [-0.39, 0.29) is 5.91 Å². The molecule has 1 aromatic carbocycles. The van der Waals surface area contributed by atoms with E-state index in [0.29, 0.717) is 12.0 Å². The number of furan rings is 1. The molecule has 0 atom stereocenters. The largest absolute Gasteiger partial charge is 0.466 e. The Kier molecular flexibility index (Phi) is 6.45. The lowest BCUT2D eigenvalue weighted by Gasteiger charge is -2.12. The Balaban J connectivity index is 2.16. The first-order valence-electron chi connectivity index (χ1n) is 8.57. The van der Waals surface area contributed by atoms with Crippen molar-refractivity contribution in [1.29, 1.82) is 0 Å². The van der Waals surface area contributed by atoms with E-state index in [4.69, 9.17) is 10.2 Å². The van der Waals surface area contributed by atoms with Crippen molar-refractivity contribution < 1.29 is 9.21 Å². The van der Waals surface area contributed by atoms with E-state index in [9.17, 15) is 4.79 Å². The Labute approximate surface area is 138 Å². The van der Waals surface area contributed by atoms with E-state index >= 15 is 0 Å². The molecule has 1 heterocycles. The van der Waals surface area contributed by atoms with Crippen LogP contribution in [0, 0.1) is 6.92 Å². The summed E-state index contributed by atoms with van der Waals surface area (Å²) in [6.45, 7) is 4.15. The summed E-state index contributed by atoms with van der Waals surface area (Å²) in [5.74, 6) is 1.40. The molecule has 0 radical (unpaired) electrons. The molecule has 0 bridgehead atoms. The zero-order valence-corrected chi connectivity index (χ0v) is 14.2. The van der Waals surface area contributed by atoms with Crippen molar-refractivity contribution in [3.8, 4) is 0 Å². The monoisotopic (exact) mass is 313 g/mol. The van der Waals surface area contributed by atoms with Crippen LogP contribution in [0.1, 0.15) is 72.0 Å². The molecule has 2 N–H and O–H groups in total. The van der Waals surface area contributed by atoms with Gasteiger partial charge < -0.3 is 10.2 Å². The SMILES string of the molecule is CCCCCCCc1cccc(C(N)=O)c1Cc1ccc(C)o1. The summed E-state index contributed by atoms with van der Waals surface area (Å²) in [4.78, 5) is 11.8. The number of amides is 1. The molecule has 23 heavy (non-hydrogen) atoms. The third-order valence-corrected chi connectivity index (χ3v) is 4.24. The number of rotatable bonds is 9. The minimum atomic E-state index is -0.365. The van der Waals surface area contributed by atoms with Gasteiger partial charge >= 0.3 is 0 Å². The lowest BCUT2D eigenvalue weighted by atomic mass is 9.93. The number of benzene rings is 1. The molecule has 2 rings (SSSR count). The predicted molar refractivity (Wildman–Crippen MR) is 93.7 cm³/mol. The first-order valence-corrected chi connectivity index (χ1v) is 8.57. The van der Waals surface area contributed by atoms with Gasteiger partial charge in [0.15, 0.2) is 0 Å². The van der Waals surface area contributed by atoms with Crippen molar-refractivity contribution in [2.75, 3.05) is 0 Å². The van der Waals surface area contributed by atoms with Crippen molar-refractivity contribution in [3.05, 3.63) is 58.5 Å².